The van der Waals surface area contributed by atoms with E-state index in [1.54, 1.807) is 24.3 Å². The molecule has 0 radical (unpaired) electrons. The second-order valence-electron chi connectivity index (χ2n) is 23.0. The van der Waals surface area contributed by atoms with Crippen molar-refractivity contribution in [3.63, 3.8) is 0 Å². The Labute approximate surface area is 481 Å². The molecule has 8 fully saturated rings. The zero-order valence-corrected chi connectivity index (χ0v) is 55.8. The summed E-state index contributed by atoms with van der Waals surface area (Å²) in [5, 5.41) is 24.8. The maximum Gasteiger partial charge on any atom is 0.146 e. The van der Waals surface area contributed by atoms with Crippen molar-refractivity contribution in [2.75, 3.05) is 11.1 Å². The van der Waals surface area contributed by atoms with Gasteiger partial charge in [0, 0.05) is 142 Å². The summed E-state index contributed by atoms with van der Waals surface area (Å²) < 4.78 is 26.5. The molecule has 0 aliphatic heterocycles. The molecule has 64 heavy (non-hydrogen) atoms. The first-order chi connectivity index (χ1) is 27.8. The van der Waals surface area contributed by atoms with E-state index in [9.17, 15) is 23.8 Å². The molecular formula is C53H80F2N2O3U4. The number of Topliss-reactive ketones (excluding diaryl/α,β-unsaturated/α-hetero) is 1. The number of carbonyl (C=O) groups excluding carboxylic acids is 1. The number of nitrogens with two attached hydrogens (primary N) is 1. The van der Waals surface area contributed by atoms with Gasteiger partial charge >= 0.3 is 0 Å². The van der Waals surface area contributed by atoms with Crippen LogP contribution < -0.4 is 11.1 Å². The van der Waals surface area contributed by atoms with E-state index in [2.05, 4.69) is 33.0 Å². The van der Waals surface area contributed by atoms with Crippen LogP contribution in [0.4, 0.5) is 20.2 Å². The van der Waals surface area contributed by atoms with Crippen molar-refractivity contribution in [3.8, 4) is 0 Å². The van der Waals surface area contributed by atoms with Gasteiger partial charge in [0.05, 0.1) is 22.6 Å². The summed E-state index contributed by atoms with van der Waals surface area (Å²) in [5.41, 5.74) is 6.22. The summed E-state index contributed by atoms with van der Waals surface area (Å²) in [6, 6.07) is 13.7. The van der Waals surface area contributed by atoms with Crippen molar-refractivity contribution in [3.05, 3.63) is 60.2 Å². The third-order valence-corrected chi connectivity index (χ3v) is 19.7. The summed E-state index contributed by atoms with van der Waals surface area (Å²) in [5.74, 6) is 6.04. The van der Waals surface area contributed by atoms with Gasteiger partial charge in [-0.3, -0.25) is 4.79 Å². The largest absolute Gasteiger partial charge is 0.396 e. The molecule has 0 bridgehead atoms. The third-order valence-electron chi connectivity index (χ3n) is 19.7. The molecule has 2 aromatic rings. The number of anilines is 2. The van der Waals surface area contributed by atoms with Crippen LogP contribution in [0.1, 0.15) is 165 Å². The van der Waals surface area contributed by atoms with Crippen molar-refractivity contribution in [1.82, 2.24) is 0 Å². The third kappa shape index (κ3) is 11.5. The van der Waals surface area contributed by atoms with Crippen LogP contribution in [0, 0.1) is 205 Å². The Balaban J connectivity index is 0.000000277. The molecule has 15 atom stereocenters. The number of aliphatic hydroxyl groups is 2. The maximum absolute atomic E-state index is 14.3. The molecule has 8 aliphatic carbocycles. The number of nitrogen functional groups attached to an aromatic ring is 1. The van der Waals surface area contributed by atoms with Crippen molar-refractivity contribution >= 4 is 17.2 Å². The van der Waals surface area contributed by atoms with Gasteiger partial charge in [-0.1, -0.05) is 59.4 Å². The number of para-hydroxylation sites is 2. The number of benzene rings is 2. The van der Waals surface area contributed by atoms with Crippen LogP contribution in [0.3, 0.4) is 0 Å². The van der Waals surface area contributed by atoms with Gasteiger partial charge in [-0.25, -0.2) is 8.78 Å². The van der Waals surface area contributed by atoms with Crippen LogP contribution in [-0.2, 0) is 4.79 Å². The summed E-state index contributed by atoms with van der Waals surface area (Å²) >= 11 is 0. The molecule has 10 rings (SSSR count). The second kappa shape index (κ2) is 23.1. The number of halogens is 2. The molecule has 8 aliphatic rings. The van der Waals surface area contributed by atoms with E-state index in [0.29, 0.717) is 46.1 Å². The Kier molecular flexibility index (Phi) is 21.6. The monoisotopic (exact) mass is 1780 g/mol. The van der Waals surface area contributed by atoms with Gasteiger partial charge in [0.2, 0.25) is 0 Å². The van der Waals surface area contributed by atoms with Crippen LogP contribution in [0.2, 0.25) is 0 Å². The second-order valence-corrected chi connectivity index (χ2v) is 23.0. The fourth-order valence-electron chi connectivity index (χ4n) is 16.1. The van der Waals surface area contributed by atoms with Gasteiger partial charge in [0.15, 0.2) is 0 Å². The first kappa shape index (κ1) is 60.0. The minimum Gasteiger partial charge on any atom is -0.396 e. The molecule has 0 heterocycles. The predicted octanol–water partition coefficient (Wildman–Crippen LogP) is 12.8. The molecule has 5 nitrogen and oxygen atoms in total. The normalized spacial score (nSPS) is 43.3. The average Bonchev–Trinajstić information content (AvgIpc) is 3.69. The first-order valence-electron chi connectivity index (χ1n) is 23.8. The molecule has 0 amide bonds. The SMILES string of the molecule is C.C[C@@]1(O)CC[C@@]2(C)[C@@H](CC[C@@H]3[C@@H]2CC[C@]2(C)C(=O)CC[C@@H]32)C1.C[C@@]1(O)CC[C@@]2(C)[C@@H](CC[C@@H]3[C@@H]2CC[C@]2(C)[C@@H](Nc4ccccc4F)CC[C@@H]32)C1.Nc1ccccc1F.[U].[U].[U].[U]. The van der Waals surface area contributed by atoms with Gasteiger partial charge < -0.3 is 21.3 Å². The summed E-state index contributed by atoms with van der Waals surface area (Å²) in [4.78, 5) is 12.4. The van der Waals surface area contributed by atoms with Crippen molar-refractivity contribution in [2.45, 2.75) is 182 Å². The zero-order chi connectivity index (χ0) is 42.2. The summed E-state index contributed by atoms with van der Waals surface area (Å²) in [6.45, 7) is 13.9. The van der Waals surface area contributed by atoms with E-state index in [1.807, 2.05) is 26.0 Å². The van der Waals surface area contributed by atoms with E-state index in [1.165, 1.54) is 76.3 Å². The van der Waals surface area contributed by atoms with Crippen LogP contribution in [0.15, 0.2) is 48.5 Å². The Bertz CT molecular complexity index is 1850. The molecule has 0 unspecified atom stereocenters. The molecule has 5 N–H and O–H groups in total. The van der Waals surface area contributed by atoms with Crippen LogP contribution in [0.25, 0.3) is 0 Å². The minimum absolute atomic E-state index is 0. The summed E-state index contributed by atoms with van der Waals surface area (Å²) in [7, 11) is 0. The van der Waals surface area contributed by atoms with E-state index in [4.69, 9.17) is 5.73 Å². The van der Waals surface area contributed by atoms with Crippen molar-refractivity contribution < 1.29 is 148 Å². The number of rotatable bonds is 2. The number of fused-ring (bicyclic) bond motifs is 10. The molecule has 8 saturated carbocycles. The molecule has 350 valence electrons. The Morgan fingerprint density at radius 2 is 1.05 bits per heavy atom. The topological polar surface area (TPSA) is 95.6 Å². The average molecular weight is 1780 g/mol. The minimum atomic E-state index is -0.456. The number of carbonyl (C=O) groups is 1. The van der Waals surface area contributed by atoms with Gasteiger partial charge in [0.25, 0.3) is 0 Å². The predicted molar refractivity (Wildman–Crippen MR) is 241 cm³/mol. The number of hydrogen-bond acceptors (Lipinski definition) is 5. The van der Waals surface area contributed by atoms with Gasteiger partial charge in [-0.05, 0) is 211 Å². The van der Waals surface area contributed by atoms with E-state index >= 15 is 0 Å². The maximum atomic E-state index is 14.3. The Hall–Kier alpha value is 1.70. The Morgan fingerprint density at radius 3 is 1.56 bits per heavy atom. The van der Waals surface area contributed by atoms with E-state index in [-0.39, 0.29) is 160 Å². The van der Waals surface area contributed by atoms with Crippen LogP contribution in [0.5, 0.6) is 0 Å². The van der Waals surface area contributed by atoms with Gasteiger partial charge in [-0.15, -0.1) is 0 Å². The fourth-order valence-corrected chi connectivity index (χ4v) is 16.1. The molecule has 2 aromatic carbocycles. The Morgan fingerprint density at radius 1 is 0.562 bits per heavy atom. The quantitative estimate of drug-likeness (QED) is 0.225. The number of nitrogens with one attached hydrogen (secondary N) is 1. The molecule has 11 heteroatoms. The summed E-state index contributed by atoms with van der Waals surface area (Å²) in [6.07, 6.45) is 20.8. The van der Waals surface area contributed by atoms with Gasteiger partial charge in [-0.2, -0.15) is 0 Å². The smallest absolute Gasteiger partial charge is 0.146 e. The molecule has 0 saturated heterocycles. The van der Waals surface area contributed by atoms with Gasteiger partial charge in [0.1, 0.15) is 17.4 Å². The standard InChI is InChI=1S/C26H38FNO.C20H32O2.C6H6FN.CH4.4U/c1-24(29)14-15-25(2)17(16-24)8-9-18-19-10-11-23(26(19,3)13-12-20(18)25)28-22-7-5-4-6-21(22)27;1-18(22)10-11-19(2)13(12-18)4-5-14-15-6-7-17(21)20(15,3)9-8-16(14)19;7-5-3-1-2-4-6(5)8;;;;;/h4-7,17-20,23,28-29H,8-16H2,1-3H3;13-16,22H,4-12H2,1-3H3;1-4H,8H2;1H4;;;;/t17-,18-,19-,20-,23-,24+,25-,26-;13-,14-,15-,16-,18+,19-,20-;;;;;;/m00....../s1. The number of hydrogen-bond donors (Lipinski definition) is 4. The van der Waals surface area contributed by atoms with Crippen LogP contribution in [-0.4, -0.2) is 33.2 Å². The molecular weight excluding hydrogens is 1700 g/mol. The van der Waals surface area contributed by atoms with E-state index in [0.717, 1.165) is 81.0 Å². The van der Waals surface area contributed by atoms with Crippen molar-refractivity contribution in [2.24, 2.45) is 69.0 Å². The van der Waals surface area contributed by atoms with Crippen LogP contribution >= 0.6 is 0 Å². The fraction of sp³-hybridized carbons (Fsp3) is 0.755. The molecule has 0 spiro atoms. The van der Waals surface area contributed by atoms with E-state index < -0.39 is 11.2 Å². The number of ketones is 1. The first-order valence-corrected chi connectivity index (χ1v) is 23.8. The molecule has 0 aromatic heterocycles. The van der Waals surface area contributed by atoms with Crippen molar-refractivity contribution in [1.29, 1.82) is 0 Å². The zero-order valence-electron chi connectivity index (χ0n) is 39.2.